The second-order valence-corrected chi connectivity index (χ2v) is 11.6. The van der Waals surface area contributed by atoms with Gasteiger partial charge in [-0.3, -0.25) is 25.2 Å². The van der Waals surface area contributed by atoms with Crippen molar-refractivity contribution < 1.29 is 28.6 Å². The molecule has 0 radical (unpaired) electrons. The Kier molecular flexibility index (Phi) is 7.60. The van der Waals surface area contributed by atoms with Crippen molar-refractivity contribution in [3.05, 3.63) is 63.8 Å². The van der Waals surface area contributed by atoms with E-state index in [0.29, 0.717) is 51.7 Å². The first-order chi connectivity index (χ1) is 19.6. The summed E-state index contributed by atoms with van der Waals surface area (Å²) in [5.41, 5.74) is 6.52. The number of ketones is 1. The Bertz CT molecular complexity index is 1560. The topological polar surface area (TPSA) is 133 Å². The number of aromatic nitrogens is 2. The number of nitrogens with zero attached hydrogens (tertiary/aromatic N) is 3. The first-order valence-electron chi connectivity index (χ1n) is 12.9. The minimum atomic E-state index is -0.593. The van der Waals surface area contributed by atoms with Crippen LogP contribution in [0.1, 0.15) is 59.0 Å². The number of nitrogens with one attached hydrogen (secondary N) is 2. The molecule has 2 amide bonds. The van der Waals surface area contributed by atoms with Crippen LogP contribution in [0.4, 0.5) is 5.82 Å². The summed E-state index contributed by atoms with van der Waals surface area (Å²) in [5.74, 6) is 0.304. The van der Waals surface area contributed by atoms with E-state index >= 15 is 0 Å². The van der Waals surface area contributed by atoms with Gasteiger partial charge in [0.25, 0.3) is 11.8 Å². The summed E-state index contributed by atoms with van der Waals surface area (Å²) in [6.45, 7) is 4.06. The summed E-state index contributed by atoms with van der Waals surface area (Å²) in [6.07, 6.45) is 2.36. The fourth-order valence-electron chi connectivity index (χ4n) is 5.44. The maximum absolute atomic E-state index is 13.6. The zero-order valence-corrected chi connectivity index (χ0v) is 24.9. The lowest BCUT2D eigenvalue weighted by molar-refractivity contribution is -0.124. The lowest BCUT2D eigenvalue weighted by Gasteiger charge is -2.40. The average Bonchev–Trinajstić information content (AvgIpc) is 3.37. The molecule has 12 heteroatoms. The molecule has 0 bridgehead atoms. The van der Waals surface area contributed by atoms with Crippen LogP contribution in [0.2, 0.25) is 0 Å². The number of halogens is 1. The highest BCUT2D eigenvalue weighted by Gasteiger charge is 2.47. The first-order valence-corrected chi connectivity index (χ1v) is 13.7. The van der Waals surface area contributed by atoms with Gasteiger partial charge in [0.05, 0.1) is 44.0 Å². The van der Waals surface area contributed by atoms with Crippen molar-refractivity contribution in [2.75, 3.05) is 21.3 Å². The number of fused-ring (bicyclic) bond motifs is 2. The normalized spacial score (nSPS) is 18.9. The number of rotatable bonds is 6. The molecule has 2 heterocycles. The Morgan fingerprint density at radius 1 is 1.00 bits per heavy atom. The van der Waals surface area contributed by atoms with Gasteiger partial charge in [-0.15, -0.1) is 0 Å². The van der Waals surface area contributed by atoms with E-state index in [0.717, 1.165) is 5.56 Å². The molecule has 1 saturated carbocycles. The molecule has 1 fully saturated rings. The van der Waals surface area contributed by atoms with E-state index in [1.54, 1.807) is 36.1 Å². The van der Waals surface area contributed by atoms with Crippen LogP contribution < -0.4 is 25.1 Å². The number of amides is 2. The van der Waals surface area contributed by atoms with Crippen molar-refractivity contribution in [3.8, 4) is 17.2 Å². The molecule has 0 saturated heterocycles. The number of aliphatic imine (C=N–C) groups is 1. The van der Waals surface area contributed by atoms with Crippen molar-refractivity contribution in [3.63, 3.8) is 0 Å². The van der Waals surface area contributed by atoms with Crippen LogP contribution in [-0.4, -0.2) is 54.4 Å². The fraction of sp³-hybridized carbons (Fsp3) is 0.345. The van der Waals surface area contributed by atoms with Gasteiger partial charge in [-0.25, -0.2) is 9.67 Å². The van der Waals surface area contributed by atoms with E-state index in [1.165, 1.54) is 20.4 Å². The van der Waals surface area contributed by atoms with Gasteiger partial charge in [-0.1, -0.05) is 13.8 Å². The summed E-state index contributed by atoms with van der Waals surface area (Å²) in [4.78, 5) is 44.3. The highest BCUT2D eigenvalue weighted by molar-refractivity contribution is 9.10. The minimum absolute atomic E-state index is 0.0508. The van der Waals surface area contributed by atoms with Crippen molar-refractivity contribution in [2.24, 2.45) is 16.3 Å². The molecule has 2 N–H and O–H groups in total. The first kappa shape index (κ1) is 28.3. The van der Waals surface area contributed by atoms with Crippen LogP contribution >= 0.6 is 15.9 Å². The molecule has 1 aliphatic heterocycles. The van der Waals surface area contributed by atoms with E-state index in [1.807, 2.05) is 26.0 Å². The molecule has 0 spiro atoms. The summed E-state index contributed by atoms with van der Waals surface area (Å²) >= 11 is 3.56. The summed E-state index contributed by atoms with van der Waals surface area (Å²) in [5, 5.41) is 4.51. The number of methoxy groups -OCH3 is 3. The molecule has 2 aromatic carbocycles. The predicted octanol–water partition coefficient (Wildman–Crippen LogP) is 4.43. The number of hydrogen-bond acceptors (Lipinski definition) is 8. The highest BCUT2D eigenvalue weighted by atomic mass is 79.9. The van der Waals surface area contributed by atoms with Gasteiger partial charge < -0.3 is 14.2 Å². The third kappa shape index (κ3) is 5.31. The molecule has 214 valence electrons. The molecule has 1 aromatic heterocycles. The van der Waals surface area contributed by atoms with Crippen LogP contribution in [-0.2, 0) is 4.79 Å². The summed E-state index contributed by atoms with van der Waals surface area (Å²) in [7, 11) is 4.62. The van der Waals surface area contributed by atoms with E-state index in [9.17, 15) is 14.4 Å². The van der Waals surface area contributed by atoms with E-state index < -0.39 is 23.8 Å². The predicted molar refractivity (Wildman–Crippen MR) is 154 cm³/mol. The smallest absolute Gasteiger partial charge is 0.275 e. The zero-order chi connectivity index (χ0) is 29.5. The number of ether oxygens (including phenoxy) is 3. The number of hydrogen-bond donors (Lipinski definition) is 2. The Balaban J connectivity index is 1.51. The third-order valence-corrected chi connectivity index (χ3v) is 7.89. The quantitative estimate of drug-likeness (QED) is 0.388. The standard InChI is InChI=1S/C29H30BrN5O6/c1-29(2)12-20-23(21(36)13-29)24(16-10-19(30)25(41-5)22(11-16)40-4)35-26(32-20)18(14-31-35)28(38)34-33-27(37)15-6-8-17(39-3)9-7-15/h6-11,14,23-24H,12-13H2,1-5H3,(H,33,37)(H,34,38). The van der Waals surface area contributed by atoms with Crippen LogP contribution in [0.3, 0.4) is 0 Å². The van der Waals surface area contributed by atoms with Gasteiger partial charge >= 0.3 is 0 Å². The van der Waals surface area contributed by atoms with Crippen molar-refractivity contribution >= 4 is 45.1 Å². The molecule has 5 rings (SSSR count). The molecule has 1 aliphatic carbocycles. The van der Waals surface area contributed by atoms with Crippen LogP contribution in [0, 0.1) is 11.3 Å². The second kappa shape index (κ2) is 11.0. The largest absolute Gasteiger partial charge is 0.497 e. The number of hydrazine groups is 1. The van der Waals surface area contributed by atoms with Gasteiger partial charge in [0.1, 0.15) is 17.1 Å². The van der Waals surface area contributed by atoms with Crippen LogP contribution in [0.15, 0.2) is 52.1 Å². The second-order valence-electron chi connectivity index (χ2n) is 10.7. The summed E-state index contributed by atoms with van der Waals surface area (Å²) < 4.78 is 18.4. The van der Waals surface area contributed by atoms with Gasteiger partial charge in [0.15, 0.2) is 17.3 Å². The van der Waals surface area contributed by atoms with Crippen molar-refractivity contribution in [2.45, 2.75) is 32.7 Å². The zero-order valence-electron chi connectivity index (χ0n) is 23.3. The SMILES string of the molecule is COc1ccc(C(=O)NNC(=O)c2cnn3c2N=C2CC(C)(C)CC(=O)C2C3c2cc(Br)c(OC)c(OC)c2)cc1. The Morgan fingerprint density at radius 2 is 1.71 bits per heavy atom. The van der Waals surface area contributed by atoms with Crippen molar-refractivity contribution in [1.29, 1.82) is 0 Å². The molecule has 41 heavy (non-hydrogen) atoms. The lowest BCUT2D eigenvalue weighted by Crippen LogP contribution is -2.45. The minimum Gasteiger partial charge on any atom is -0.497 e. The monoisotopic (exact) mass is 623 g/mol. The van der Waals surface area contributed by atoms with Gasteiger partial charge in [0.2, 0.25) is 0 Å². The Morgan fingerprint density at radius 3 is 2.37 bits per heavy atom. The average molecular weight is 624 g/mol. The van der Waals surface area contributed by atoms with Crippen LogP contribution in [0.25, 0.3) is 0 Å². The number of Topliss-reactive ketones (excluding diaryl/α,β-unsaturated/α-hetero) is 1. The molecular formula is C29H30BrN5O6. The molecule has 3 aromatic rings. The van der Waals surface area contributed by atoms with Gasteiger partial charge in [-0.2, -0.15) is 5.10 Å². The lowest BCUT2D eigenvalue weighted by atomic mass is 9.67. The third-order valence-electron chi connectivity index (χ3n) is 7.30. The Hall–Kier alpha value is -4.19. The maximum Gasteiger partial charge on any atom is 0.275 e. The number of carbonyl (C=O) groups is 3. The summed E-state index contributed by atoms with van der Waals surface area (Å²) in [6, 6.07) is 9.57. The number of benzene rings is 2. The molecular weight excluding hydrogens is 594 g/mol. The maximum atomic E-state index is 13.6. The Labute approximate surface area is 245 Å². The van der Waals surface area contributed by atoms with Gasteiger partial charge in [-0.05, 0) is 69.7 Å². The molecule has 2 aliphatic rings. The van der Waals surface area contributed by atoms with E-state index in [4.69, 9.17) is 19.2 Å². The highest BCUT2D eigenvalue weighted by Crippen LogP contribution is 2.48. The van der Waals surface area contributed by atoms with Crippen LogP contribution in [0.5, 0.6) is 17.2 Å². The fourth-order valence-corrected chi connectivity index (χ4v) is 6.07. The molecule has 11 nitrogen and oxygen atoms in total. The van der Waals surface area contributed by atoms with E-state index in [2.05, 4.69) is 31.9 Å². The van der Waals surface area contributed by atoms with Crippen molar-refractivity contribution in [1.82, 2.24) is 20.6 Å². The molecule has 2 unspecified atom stereocenters. The van der Waals surface area contributed by atoms with E-state index in [-0.39, 0.29) is 16.8 Å². The number of carbonyl (C=O) groups excluding carboxylic acids is 3. The molecule has 2 atom stereocenters. The van der Waals surface area contributed by atoms with Gasteiger partial charge in [0, 0.05) is 17.7 Å².